The van der Waals surface area contributed by atoms with Gasteiger partial charge in [0.2, 0.25) is 0 Å². The molecule has 0 spiro atoms. The Morgan fingerprint density at radius 2 is 1.10 bits per heavy atom. The molecule has 0 aromatic heterocycles. The second kappa shape index (κ2) is 8.11. The van der Waals surface area contributed by atoms with Gasteiger partial charge in [0, 0.05) is 33.9 Å². The van der Waals surface area contributed by atoms with Crippen LogP contribution >= 0.6 is 0 Å². The van der Waals surface area contributed by atoms with Crippen molar-refractivity contribution in [2.45, 2.75) is 78.3 Å². The van der Waals surface area contributed by atoms with E-state index in [4.69, 9.17) is 0 Å². The van der Waals surface area contributed by atoms with Gasteiger partial charge in [0.25, 0.3) is 0 Å². The summed E-state index contributed by atoms with van der Waals surface area (Å²) in [7, 11) is 0. The largest absolute Gasteiger partial charge is 0.376 e. The van der Waals surface area contributed by atoms with Gasteiger partial charge in [-0.25, -0.2) is 0 Å². The molecule has 2 atom stereocenters. The predicted octanol–water partition coefficient (Wildman–Crippen LogP) is 8.21. The van der Waals surface area contributed by atoms with Crippen molar-refractivity contribution in [1.82, 2.24) is 0 Å². The van der Waals surface area contributed by atoms with E-state index in [9.17, 15) is 0 Å². The van der Waals surface area contributed by atoms with Gasteiger partial charge in [-0.15, -0.1) is 0 Å². The summed E-state index contributed by atoms with van der Waals surface area (Å²) in [6.45, 7) is 13.5. The lowest BCUT2D eigenvalue weighted by Crippen LogP contribution is -2.34. The third-order valence-electron chi connectivity index (χ3n) is 7.08. The third kappa shape index (κ3) is 4.11. The fourth-order valence-electron chi connectivity index (χ4n) is 4.74. The van der Waals surface area contributed by atoms with Crippen LogP contribution in [0.5, 0.6) is 0 Å². The van der Waals surface area contributed by atoms with Gasteiger partial charge in [-0.1, -0.05) is 39.8 Å². The molecule has 2 aromatic carbocycles. The molecule has 0 saturated carbocycles. The van der Waals surface area contributed by atoms with Crippen molar-refractivity contribution in [1.29, 1.82) is 0 Å². The molecule has 3 nitrogen and oxygen atoms in total. The summed E-state index contributed by atoms with van der Waals surface area (Å²) >= 11 is 0. The SMILES string of the molecule is CCC1=CC(C)(CC)Nc2ccc(Nc3ccc4c(c3)C(CC)=CC(C)(CC)N4)cc21. The van der Waals surface area contributed by atoms with Crippen LogP contribution in [0.1, 0.15) is 78.4 Å². The van der Waals surface area contributed by atoms with Crippen molar-refractivity contribution in [3.63, 3.8) is 0 Å². The summed E-state index contributed by atoms with van der Waals surface area (Å²) in [5.74, 6) is 0. The van der Waals surface area contributed by atoms with Crippen molar-refractivity contribution in [2.24, 2.45) is 0 Å². The van der Waals surface area contributed by atoms with E-state index in [-0.39, 0.29) is 11.1 Å². The highest BCUT2D eigenvalue weighted by molar-refractivity contribution is 5.86. The molecule has 0 radical (unpaired) electrons. The highest BCUT2D eigenvalue weighted by atomic mass is 15.0. The molecule has 2 heterocycles. The van der Waals surface area contributed by atoms with E-state index in [1.54, 1.807) is 0 Å². The van der Waals surface area contributed by atoms with E-state index < -0.39 is 0 Å². The van der Waals surface area contributed by atoms with E-state index in [0.717, 1.165) is 37.1 Å². The van der Waals surface area contributed by atoms with Crippen molar-refractivity contribution in [3.05, 3.63) is 59.7 Å². The normalized spacial score (nSPS) is 24.2. The van der Waals surface area contributed by atoms with Crippen LogP contribution in [0, 0.1) is 0 Å². The quantitative estimate of drug-likeness (QED) is 0.445. The number of anilines is 4. The summed E-state index contributed by atoms with van der Waals surface area (Å²) in [6.07, 6.45) is 9.05. The molecule has 0 aliphatic carbocycles. The molecule has 164 valence electrons. The monoisotopic (exact) mass is 415 g/mol. The van der Waals surface area contributed by atoms with Gasteiger partial charge in [-0.3, -0.25) is 0 Å². The number of nitrogens with one attached hydrogen (secondary N) is 3. The van der Waals surface area contributed by atoms with Crippen LogP contribution in [0.25, 0.3) is 11.1 Å². The van der Waals surface area contributed by atoms with Gasteiger partial charge >= 0.3 is 0 Å². The smallest absolute Gasteiger partial charge is 0.0531 e. The maximum absolute atomic E-state index is 3.73. The Kier molecular flexibility index (Phi) is 5.63. The lowest BCUT2D eigenvalue weighted by molar-refractivity contribution is 0.607. The van der Waals surface area contributed by atoms with Crippen LogP contribution in [0.2, 0.25) is 0 Å². The Morgan fingerprint density at radius 3 is 1.45 bits per heavy atom. The summed E-state index contributed by atoms with van der Waals surface area (Å²) < 4.78 is 0. The molecule has 2 aromatic rings. The molecule has 2 aliphatic rings. The first-order valence-electron chi connectivity index (χ1n) is 11.9. The molecule has 0 saturated heterocycles. The zero-order valence-corrected chi connectivity index (χ0v) is 19.9. The van der Waals surface area contributed by atoms with Gasteiger partial charge < -0.3 is 16.0 Å². The average molecular weight is 416 g/mol. The standard InChI is InChI=1S/C28H37N3/c1-7-19-17-27(5,9-3)30-25-13-11-21(15-23(19)25)29-22-12-14-26-24(16-22)20(8-2)18-28(6,10-4)31-26/h11-18,29-31H,7-10H2,1-6H3. The minimum absolute atomic E-state index is 0.0364. The molecule has 4 rings (SSSR count). The number of fused-ring (bicyclic) bond motifs is 2. The number of benzene rings is 2. The maximum Gasteiger partial charge on any atom is 0.0531 e. The Hall–Kier alpha value is -2.68. The predicted molar refractivity (Wildman–Crippen MR) is 137 cm³/mol. The molecular weight excluding hydrogens is 378 g/mol. The highest BCUT2D eigenvalue weighted by Gasteiger charge is 2.27. The molecule has 2 unspecified atom stereocenters. The minimum atomic E-state index is 0.0364. The lowest BCUT2D eigenvalue weighted by Gasteiger charge is -2.35. The van der Waals surface area contributed by atoms with Crippen LogP contribution < -0.4 is 16.0 Å². The van der Waals surface area contributed by atoms with Crippen LogP contribution in [0.15, 0.2) is 48.6 Å². The zero-order chi connectivity index (χ0) is 22.2. The van der Waals surface area contributed by atoms with Gasteiger partial charge in [0.05, 0.1) is 11.1 Å². The van der Waals surface area contributed by atoms with Gasteiger partial charge in [0.1, 0.15) is 0 Å². The second-order valence-electron chi connectivity index (χ2n) is 9.48. The topological polar surface area (TPSA) is 36.1 Å². The van der Waals surface area contributed by atoms with Crippen LogP contribution in [0.4, 0.5) is 22.7 Å². The van der Waals surface area contributed by atoms with Crippen LogP contribution in [0.3, 0.4) is 0 Å². The van der Waals surface area contributed by atoms with E-state index in [1.807, 2.05) is 0 Å². The molecule has 0 fully saturated rings. The van der Waals surface area contributed by atoms with Crippen molar-refractivity contribution < 1.29 is 0 Å². The van der Waals surface area contributed by atoms with Crippen molar-refractivity contribution in [2.75, 3.05) is 16.0 Å². The number of hydrogen-bond acceptors (Lipinski definition) is 3. The maximum atomic E-state index is 3.73. The summed E-state index contributed by atoms with van der Waals surface area (Å²) in [5.41, 5.74) is 10.3. The Labute approximate surface area is 188 Å². The fraction of sp³-hybridized carbons (Fsp3) is 0.429. The van der Waals surface area contributed by atoms with E-state index in [0.29, 0.717) is 0 Å². The van der Waals surface area contributed by atoms with Crippen molar-refractivity contribution >= 4 is 33.9 Å². The van der Waals surface area contributed by atoms with Gasteiger partial charge in [-0.05, 0) is 87.1 Å². The first kappa shape index (κ1) is 21.5. The second-order valence-corrected chi connectivity index (χ2v) is 9.48. The fourth-order valence-corrected chi connectivity index (χ4v) is 4.74. The lowest BCUT2D eigenvalue weighted by atomic mass is 9.86. The van der Waals surface area contributed by atoms with Crippen LogP contribution in [-0.2, 0) is 0 Å². The molecule has 0 amide bonds. The first-order chi connectivity index (χ1) is 14.8. The van der Waals surface area contributed by atoms with Gasteiger partial charge in [-0.2, -0.15) is 0 Å². The Morgan fingerprint density at radius 1 is 0.677 bits per heavy atom. The number of hydrogen-bond donors (Lipinski definition) is 3. The molecule has 2 aliphatic heterocycles. The first-order valence-corrected chi connectivity index (χ1v) is 11.9. The van der Waals surface area contributed by atoms with Crippen LogP contribution in [-0.4, -0.2) is 11.1 Å². The van der Waals surface area contributed by atoms with E-state index in [2.05, 4.69) is 106 Å². The van der Waals surface area contributed by atoms with E-state index in [1.165, 1.54) is 33.6 Å². The Bertz CT molecular complexity index is 965. The highest BCUT2D eigenvalue weighted by Crippen LogP contribution is 2.40. The van der Waals surface area contributed by atoms with E-state index >= 15 is 0 Å². The molecule has 0 bridgehead atoms. The number of rotatable bonds is 6. The molecule has 3 heteroatoms. The average Bonchev–Trinajstić information content (AvgIpc) is 2.78. The minimum Gasteiger partial charge on any atom is -0.376 e. The third-order valence-corrected chi connectivity index (χ3v) is 7.08. The zero-order valence-electron chi connectivity index (χ0n) is 19.9. The summed E-state index contributed by atoms with van der Waals surface area (Å²) in [4.78, 5) is 0. The molecule has 3 N–H and O–H groups in total. The van der Waals surface area contributed by atoms with Gasteiger partial charge in [0.15, 0.2) is 0 Å². The Balaban J connectivity index is 1.64. The van der Waals surface area contributed by atoms with Crippen molar-refractivity contribution in [3.8, 4) is 0 Å². The number of allylic oxidation sites excluding steroid dienone is 2. The summed E-state index contributed by atoms with van der Waals surface area (Å²) in [6, 6.07) is 13.4. The molecular formula is C28H37N3. The summed E-state index contributed by atoms with van der Waals surface area (Å²) in [5, 5.41) is 11.1. The molecule has 31 heavy (non-hydrogen) atoms.